The Balaban J connectivity index is 1.97. The maximum absolute atomic E-state index is 14.8. The first-order chi connectivity index (χ1) is 17.9. The molecule has 0 saturated carbocycles. The van der Waals surface area contributed by atoms with Gasteiger partial charge in [0.2, 0.25) is 0 Å². The van der Waals surface area contributed by atoms with E-state index in [-0.39, 0.29) is 11.6 Å². The third kappa shape index (κ3) is 5.17. The Hall–Kier alpha value is -2.74. The zero-order valence-corrected chi connectivity index (χ0v) is 22.6. The van der Waals surface area contributed by atoms with Crippen LogP contribution in [0.1, 0.15) is 16.8 Å². The van der Waals surface area contributed by atoms with Crippen LogP contribution in [0.25, 0.3) is 0 Å². The van der Waals surface area contributed by atoms with Gasteiger partial charge in [-0.1, -0.05) is 59.1 Å². The van der Waals surface area contributed by atoms with Gasteiger partial charge in [-0.25, -0.2) is 8.78 Å². The predicted octanol–water partition coefficient (Wildman–Crippen LogP) is 9.01. The molecule has 0 radical (unpaired) electrons. The van der Waals surface area contributed by atoms with Crippen LogP contribution in [-0.4, -0.2) is 0 Å². The first-order valence-electron chi connectivity index (χ1n) is 11.6. The molecular weight excluding hydrogens is 548 g/mol. The lowest BCUT2D eigenvalue weighted by Crippen LogP contribution is -2.36. The van der Waals surface area contributed by atoms with Crippen LogP contribution in [0.3, 0.4) is 0 Å². The monoisotopic (exact) mass is 567 g/mol. The molecule has 0 aliphatic heterocycles. The molecule has 6 heteroatoms. The Morgan fingerprint density at radius 2 is 0.784 bits per heavy atom. The molecule has 0 aliphatic carbocycles. The Morgan fingerprint density at radius 1 is 0.459 bits per heavy atom. The van der Waals surface area contributed by atoms with Crippen molar-refractivity contribution < 1.29 is 8.78 Å². The van der Waals surface area contributed by atoms with E-state index in [9.17, 15) is 8.78 Å². The summed E-state index contributed by atoms with van der Waals surface area (Å²) in [7, 11) is -2.72. The molecule has 0 bridgehead atoms. The fraction of sp³-hybridized carbons (Fsp3) is 0.0323. The number of hydrogen-bond acceptors (Lipinski definition) is 0. The van der Waals surface area contributed by atoms with Gasteiger partial charge in [0.05, 0.1) is 0 Å². The molecule has 0 amide bonds. The maximum atomic E-state index is 14.8. The van der Waals surface area contributed by atoms with Gasteiger partial charge in [-0.05, 0) is 97.1 Å². The van der Waals surface area contributed by atoms with E-state index < -0.39 is 12.9 Å². The number of hydrogen-bond donors (Lipinski definition) is 0. The van der Waals surface area contributed by atoms with Crippen LogP contribution in [0.4, 0.5) is 8.78 Å². The lowest BCUT2D eigenvalue weighted by atomic mass is 10.0. The fourth-order valence-electron chi connectivity index (χ4n) is 4.92. The maximum Gasteiger partial charge on any atom is 0.134 e. The zero-order valence-electron chi connectivity index (χ0n) is 19.5. The molecule has 0 heterocycles. The molecule has 0 aliphatic rings. The molecule has 5 aromatic rings. The van der Waals surface area contributed by atoms with Gasteiger partial charge in [0.1, 0.15) is 40.5 Å². The second kappa shape index (κ2) is 10.9. The van der Waals surface area contributed by atoms with Crippen molar-refractivity contribution in [2.24, 2.45) is 0 Å². The summed E-state index contributed by atoms with van der Waals surface area (Å²) in [5.74, 6) is -0.722. The summed E-state index contributed by atoms with van der Waals surface area (Å²) >= 11 is 19.0. The largest absolute Gasteiger partial charge is 0.207 e. The number of rotatable bonds is 6. The van der Waals surface area contributed by atoms with E-state index in [4.69, 9.17) is 34.8 Å². The predicted molar refractivity (Wildman–Crippen MR) is 155 cm³/mol. The average molecular weight is 569 g/mol. The molecule has 5 aromatic carbocycles. The van der Waals surface area contributed by atoms with Gasteiger partial charge in [-0.3, -0.25) is 0 Å². The molecule has 0 N–H and O–H groups in total. The summed E-state index contributed by atoms with van der Waals surface area (Å²) in [6, 6.07) is 36.2. The summed E-state index contributed by atoms with van der Waals surface area (Å²) in [5.41, 5.74) is 1.04. The quantitative estimate of drug-likeness (QED) is 0.179. The first-order valence-corrected chi connectivity index (χ1v) is 14.6. The average Bonchev–Trinajstić information content (AvgIpc) is 2.89. The molecule has 0 spiro atoms. The third-order valence-electron chi connectivity index (χ3n) is 6.42. The van der Waals surface area contributed by atoms with E-state index in [2.05, 4.69) is 0 Å². The zero-order chi connectivity index (χ0) is 26.0. The lowest BCUT2D eigenvalue weighted by molar-refractivity contribution is 0.624. The summed E-state index contributed by atoms with van der Waals surface area (Å²) in [6.07, 6.45) is 0. The second-order valence-corrected chi connectivity index (χ2v) is 13.5. The van der Waals surface area contributed by atoms with Crippen LogP contribution < -0.4 is 15.9 Å². The van der Waals surface area contributed by atoms with Gasteiger partial charge in [-0.15, -0.1) is 0 Å². The van der Waals surface area contributed by atoms with Crippen LogP contribution >= 0.6 is 42.1 Å². The van der Waals surface area contributed by atoms with E-state index >= 15 is 0 Å². The number of benzene rings is 5. The Morgan fingerprint density at radius 3 is 1.08 bits per heavy atom. The van der Waals surface area contributed by atoms with Gasteiger partial charge in [0, 0.05) is 26.2 Å². The van der Waals surface area contributed by atoms with Crippen molar-refractivity contribution in [1.29, 1.82) is 0 Å². The topological polar surface area (TPSA) is 0 Å². The highest BCUT2D eigenvalue weighted by Crippen LogP contribution is 2.69. The van der Waals surface area contributed by atoms with Crippen molar-refractivity contribution in [2.75, 3.05) is 0 Å². The van der Waals surface area contributed by atoms with E-state index in [1.54, 1.807) is 12.1 Å². The van der Waals surface area contributed by atoms with Crippen molar-refractivity contribution in [1.82, 2.24) is 0 Å². The van der Waals surface area contributed by atoms with E-state index in [1.165, 1.54) is 24.3 Å². The van der Waals surface area contributed by atoms with Gasteiger partial charge in [0.15, 0.2) is 0 Å². The lowest BCUT2D eigenvalue weighted by Gasteiger charge is -2.35. The summed E-state index contributed by atoms with van der Waals surface area (Å²) in [5, 5.41) is 4.80. The molecule has 0 aromatic heterocycles. The highest BCUT2D eigenvalue weighted by atomic mass is 35.5. The smallest absolute Gasteiger partial charge is 0.134 e. The van der Waals surface area contributed by atoms with Crippen LogP contribution in [0, 0.1) is 11.6 Å². The van der Waals surface area contributed by atoms with E-state index in [0.29, 0.717) is 15.1 Å². The second-order valence-electron chi connectivity index (χ2n) is 8.66. The standard InChI is InChI=1S/C31H21Cl3F2P/c32-23-7-13-28(14-8-23)37(29-15-9-24(33)10-16-29,30-17-11-25(34)12-18-30)31(21-3-1-5-26(35)19-21)22-4-2-6-27(36)20-22/h1-20,31H/q+1. The normalized spacial score (nSPS) is 11.6. The van der Waals surface area contributed by atoms with Crippen LogP contribution in [0.15, 0.2) is 121 Å². The molecule has 37 heavy (non-hydrogen) atoms. The Bertz CT molecular complexity index is 1360. The minimum absolute atomic E-state index is 0.361. The molecule has 0 nitrogen and oxygen atoms in total. The van der Waals surface area contributed by atoms with Gasteiger partial charge < -0.3 is 0 Å². The van der Waals surface area contributed by atoms with Crippen molar-refractivity contribution in [2.45, 2.75) is 5.66 Å². The van der Waals surface area contributed by atoms with Crippen LogP contribution in [0.2, 0.25) is 15.1 Å². The van der Waals surface area contributed by atoms with Crippen molar-refractivity contribution in [3.8, 4) is 0 Å². The van der Waals surface area contributed by atoms with Gasteiger partial charge in [0.25, 0.3) is 0 Å². The van der Waals surface area contributed by atoms with Crippen molar-refractivity contribution in [3.63, 3.8) is 0 Å². The van der Waals surface area contributed by atoms with Crippen LogP contribution in [-0.2, 0) is 0 Å². The molecule has 0 saturated heterocycles. The molecule has 0 atom stereocenters. The summed E-state index contributed by atoms with van der Waals surface area (Å²) in [4.78, 5) is 0. The molecule has 184 valence electrons. The van der Waals surface area contributed by atoms with E-state index in [1.807, 2.05) is 84.9 Å². The highest BCUT2D eigenvalue weighted by Gasteiger charge is 2.54. The van der Waals surface area contributed by atoms with Crippen molar-refractivity contribution >= 4 is 58.0 Å². The van der Waals surface area contributed by atoms with Crippen molar-refractivity contribution in [3.05, 3.63) is 159 Å². The Labute approximate surface area is 230 Å². The number of halogens is 5. The summed E-state index contributed by atoms with van der Waals surface area (Å²) in [6.45, 7) is 0. The first kappa shape index (κ1) is 25.9. The highest BCUT2D eigenvalue weighted by molar-refractivity contribution is 7.96. The SMILES string of the molecule is Fc1cccc(C(c2cccc(F)c2)[P+](c2ccc(Cl)cc2)(c2ccc(Cl)cc2)c2ccc(Cl)cc2)c1. The molecule has 0 fully saturated rings. The fourth-order valence-corrected chi connectivity index (χ4v) is 10.2. The van der Waals surface area contributed by atoms with Gasteiger partial charge >= 0.3 is 0 Å². The van der Waals surface area contributed by atoms with E-state index in [0.717, 1.165) is 27.0 Å². The van der Waals surface area contributed by atoms with Gasteiger partial charge in [-0.2, -0.15) is 0 Å². The molecular formula is C31H21Cl3F2P+. The minimum Gasteiger partial charge on any atom is -0.207 e. The third-order valence-corrected chi connectivity index (χ3v) is 11.9. The Kier molecular flexibility index (Phi) is 7.65. The summed E-state index contributed by atoms with van der Waals surface area (Å²) < 4.78 is 29.5. The molecule has 5 rings (SSSR count). The molecule has 0 unspecified atom stereocenters. The minimum atomic E-state index is -2.72. The van der Waals surface area contributed by atoms with Crippen LogP contribution in [0.5, 0.6) is 0 Å².